The number of ether oxygens (including phenoxy) is 2. The van der Waals surface area contributed by atoms with Gasteiger partial charge in [0.25, 0.3) is 0 Å². The summed E-state index contributed by atoms with van der Waals surface area (Å²) >= 11 is 0. The van der Waals surface area contributed by atoms with Gasteiger partial charge in [0.2, 0.25) is 0 Å². The van der Waals surface area contributed by atoms with Crippen molar-refractivity contribution in [3.8, 4) is 0 Å². The molecule has 0 aromatic heterocycles. The first kappa shape index (κ1) is 12.3. The van der Waals surface area contributed by atoms with Crippen LogP contribution in [0.3, 0.4) is 0 Å². The molecule has 0 radical (unpaired) electrons. The molecule has 2 heterocycles. The molecule has 2 rings (SSSR count). The summed E-state index contributed by atoms with van der Waals surface area (Å²) in [6.45, 7) is 9.69. The van der Waals surface area contributed by atoms with Crippen LogP contribution in [-0.4, -0.2) is 56.5 Å². The standard InChI is InChI=1S/C12H24N2O2/c1-10-6-16-11(2)5-14(10)8-12(7-13)3-4-15-9-12/h10-11H,3-9,13H2,1-2H3. The van der Waals surface area contributed by atoms with E-state index in [2.05, 4.69) is 18.7 Å². The molecule has 2 aliphatic heterocycles. The summed E-state index contributed by atoms with van der Waals surface area (Å²) in [7, 11) is 0. The van der Waals surface area contributed by atoms with E-state index in [0.29, 0.717) is 12.1 Å². The number of hydrogen-bond acceptors (Lipinski definition) is 4. The van der Waals surface area contributed by atoms with E-state index in [9.17, 15) is 0 Å². The molecule has 3 unspecified atom stereocenters. The fraction of sp³-hybridized carbons (Fsp3) is 1.00. The summed E-state index contributed by atoms with van der Waals surface area (Å²) in [6.07, 6.45) is 1.44. The maximum Gasteiger partial charge on any atom is 0.0674 e. The molecule has 3 atom stereocenters. The van der Waals surface area contributed by atoms with Gasteiger partial charge in [0.1, 0.15) is 0 Å². The number of nitrogens with two attached hydrogens (primary N) is 1. The zero-order chi connectivity index (χ0) is 11.6. The third-order valence-corrected chi connectivity index (χ3v) is 3.89. The molecule has 2 fully saturated rings. The molecule has 2 saturated heterocycles. The molecule has 0 aliphatic carbocycles. The lowest BCUT2D eigenvalue weighted by molar-refractivity contribution is -0.0629. The Bertz CT molecular complexity index is 229. The van der Waals surface area contributed by atoms with Gasteiger partial charge in [0, 0.05) is 37.7 Å². The third kappa shape index (κ3) is 2.56. The predicted molar refractivity (Wildman–Crippen MR) is 63.4 cm³/mol. The minimum absolute atomic E-state index is 0.186. The molecular weight excluding hydrogens is 204 g/mol. The first-order valence-electron chi connectivity index (χ1n) is 6.29. The fourth-order valence-electron chi connectivity index (χ4n) is 2.62. The Morgan fingerprint density at radius 2 is 2.25 bits per heavy atom. The van der Waals surface area contributed by atoms with E-state index < -0.39 is 0 Å². The normalized spacial score (nSPS) is 41.4. The van der Waals surface area contributed by atoms with Crippen LogP contribution >= 0.6 is 0 Å². The maximum atomic E-state index is 5.93. The highest BCUT2D eigenvalue weighted by Crippen LogP contribution is 2.30. The number of hydrogen-bond donors (Lipinski definition) is 1. The highest BCUT2D eigenvalue weighted by Gasteiger charge is 2.37. The lowest BCUT2D eigenvalue weighted by Crippen LogP contribution is -2.53. The van der Waals surface area contributed by atoms with Crippen LogP contribution in [0.25, 0.3) is 0 Å². The number of rotatable bonds is 3. The van der Waals surface area contributed by atoms with Gasteiger partial charge in [-0.1, -0.05) is 0 Å². The molecule has 0 amide bonds. The van der Waals surface area contributed by atoms with Gasteiger partial charge in [-0.15, -0.1) is 0 Å². The van der Waals surface area contributed by atoms with Crippen LogP contribution in [0.15, 0.2) is 0 Å². The summed E-state index contributed by atoms with van der Waals surface area (Å²) in [4.78, 5) is 2.51. The van der Waals surface area contributed by atoms with Crippen LogP contribution in [0.1, 0.15) is 20.3 Å². The first-order valence-corrected chi connectivity index (χ1v) is 6.29. The van der Waals surface area contributed by atoms with Gasteiger partial charge in [-0.25, -0.2) is 0 Å². The average molecular weight is 228 g/mol. The zero-order valence-electron chi connectivity index (χ0n) is 10.4. The van der Waals surface area contributed by atoms with E-state index in [1.807, 2.05) is 0 Å². The molecular formula is C12H24N2O2. The van der Waals surface area contributed by atoms with Crippen molar-refractivity contribution in [1.82, 2.24) is 4.90 Å². The molecule has 16 heavy (non-hydrogen) atoms. The van der Waals surface area contributed by atoms with E-state index in [1.165, 1.54) is 0 Å². The van der Waals surface area contributed by atoms with Gasteiger partial charge in [0.15, 0.2) is 0 Å². The fourth-order valence-corrected chi connectivity index (χ4v) is 2.62. The summed E-state index contributed by atoms with van der Waals surface area (Å²) in [5.41, 5.74) is 6.11. The Morgan fingerprint density at radius 3 is 2.88 bits per heavy atom. The van der Waals surface area contributed by atoms with Crippen molar-refractivity contribution in [3.63, 3.8) is 0 Å². The molecule has 0 bridgehead atoms. The van der Waals surface area contributed by atoms with Gasteiger partial charge in [0.05, 0.1) is 19.3 Å². The predicted octanol–water partition coefficient (Wildman–Crippen LogP) is 0.461. The monoisotopic (exact) mass is 228 g/mol. The van der Waals surface area contributed by atoms with Gasteiger partial charge in [-0.2, -0.15) is 0 Å². The second-order valence-corrected chi connectivity index (χ2v) is 5.43. The number of nitrogens with zero attached hydrogens (tertiary/aromatic N) is 1. The molecule has 0 spiro atoms. The van der Waals surface area contributed by atoms with Crippen LogP contribution < -0.4 is 5.73 Å². The Labute approximate surface area is 98.1 Å². The lowest BCUT2D eigenvalue weighted by atomic mass is 9.86. The lowest BCUT2D eigenvalue weighted by Gasteiger charge is -2.41. The molecule has 0 aromatic carbocycles. The summed E-state index contributed by atoms with van der Waals surface area (Å²) < 4.78 is 11.2. The highest BCUT2D eigenvalue weighted by molar-refractivity contribution is 4.90. The summed E-state index contributed by atoms with van der Waals surface area (Å²) in [6, 6.07) is 0.500. The Kier molecular flexibility index (Phi) is 3.85. The Hall–Kier alpha value is -0.160. The smallest absolute Gasteiger partial charge is 0.0674 e. The van der Waals surface area contributed by atoms with Gasteiger partial charge in [-0.05, 0) is 20.3 Å². The maximum absolute atomic E-state index is 5.93. The first-order chi connectivity index (χ1) is 7.65. The van der Waals surface area contributed by atoms with Crippen molar-refractivity contribution in [1.29, 1.82) is 0 Å². The van der Waals surface area contributed by atoms with Crippen molar-refractivity contribution in [2.75, 3.05) is 39.5 Å². The van der Waals surface area contributed by atoms with Crippen LogP contribution in [0.4, 0.5) is 0 Å². The van der Waals surface area contributed by atoms with Crippen LogP contribution in [0, 0.1) is 5.41 Å². The van der Waals surface area contributed by atoms with Crippen molar-refractivity contribution < 1.29 is 9.47 Å². The molecule has 94 valence electrons. The number of morpholine rings is 1. The minimum Gasteiger partial charge on any atom is -0.381 e. The quantitative estimate of drug-likeness (QED) is 0.762. The van der Waals surface area contributed by atoms with Gasteiger partial charge >= 0.3 is 0 Å². The SMILES string of the molecule is CC1CN(CC2(CN)CCOC2)C(C)CO1. The van der Waals surface area contributed by atoms with E-state index in [-0.39, 0.29) is 5.41 Å². The van der Waals surface area contributed by atoms with Crippen LogP contribution in [0.2, 0.25) is 0 Å². The van der Waals surface area contributed by atoms with E-state index in [1.54, 1.807) is 0 Å². The average Bonchev–Trinajstić information content (AvgIpc) is 2.73. The van der Waals surface area contributed by atoms with E-state index in [0.717, 1.165) is 45.9 Å². The van der Waals surface area contributed by atoms with E-state index >= 15 is 0 Å². The van der Waals surface area contributed by atoms with Crippen LogP contribution in [0.5, 0.6) is 0 Å². The summed E-state index contributed by atoms with van der Waals surface area (Å²) in [5.74, 6) is 0. The summed E-state index contributed by atoms with van der Waals surface area (Å²) in [5, 5.41) is 0. The van der Waals surface area contributed by atoms with Crippen molar-refractivity contribution >= 4 is 0 Å². The van der Waals surface area contributed by atoms with Crippen molar-refractivity contribution in [3.05, 3.63) is 0 Å². The topological polar surface area (TPSA) is 47.7 Å². The van der Waals surface area contributed by atoms with Crippen molar-refractivity contribution in [2.24, 2.45) is 11.1 Å². The van der Waals surface area contributed by atoms with Gasteiger partial charge in [-0.3, -0.25) is 4.90 Å². The van der Waals surface area contributed by atoms with Gasteiger partial charge < -0.3 is 15.2 Å². The zero-order valence-corrected chi connectivity index (χ0v) is 10.4. The second-order valence-electron chi connectivity index (χ2n) is 5.43. The Morgan fingerprint density at radius 1 is 1.44 bits per heavy atom. The highest BCUT2D eigenvalue weighted by atomic mass is 16.5. The molecule has 4 nitrogen and oxygen atoms in total. The largest absolute Gasteiger partial charge is 0.381 e. The van der Waals surface area contributed by atoms with Crippen molar-refractivity contribution in [2.45, 2.75) is 32.4 Å². The molecule has 2 aliphatic rings. The van der Waals surface area contributed by atoms with Crippen LogP contribution in [-0.2, 0) is 9.47 Å². The molecule has 4 heteroatoms. The third-order valence-electron chi connectivity index (χ3n) is 3.89. The minimum atomic E-state index is 0.186. The Balaban J connectivity index is 1.96. The van der Waals surface area contributed by atoms with E-state index in [4.69, 9.17) is 15.2 Å². The molecule has 0 saturated carbocycles. The molecule has 0 aromatic rings. The molecule has 2 N–H and O–H groups in total. The second kappa shape index (κ2) is 5.00.